The molecule has 0 aliphatic rings. The fourth-order valence-corrected chi connectivity index (χ4v) is 2.32. The molecule has 5 nitrogen and oxygen atoms in total. The maximum Gasteiger partial charge on any atom is 0.224 e. The number of aryl methyl sites for hydroxylation is 1. The Morgan fingerprint density at radius 2 is 2.23 bits per heavy atom. The predicted molar refractivity (Wildman–Crippen MR) is 81.2 cm³/mol. The van der Waals surface area contributed by atoms with Crippen molar-refractivity contribution in [1.29, 1.82) is 0 Å². The molecule has 2 rings (SSSR count). The minimum Gasteiger partial charge on any atom is -0.494 e. The normalized spacial score (nSPS) is 12.0. The van der Waals surface area contributed by atoms with Crippen molar-refractivity contribution < 1.29 is 13.9 Å². The zero-order valence-corrected chi connectivity index (χ0v) is 13.2. The summed E-state index contributed by atoms with van der Waals surface area (Å²) in [7, 11) is 3.26. The summed E-state index contributed by atoms with van der Waals surface area (Å²) < 4.78 is 20.2. The van der Waals surface area contributed by atoms with Gasteiger partial charge < -0.3 is 10.1 Å². The van der Waals surface area contributed by atoms with Crippen LogP contribution in [0.15, 0.2) is 24.4 Å². The fraction of sp³-hybridized carbons (Fsp3) is 0.375. The molecule has 0 saturated heterocycles. The number of ether oxygens (including phenoxy) is 1. The van der Waals surface area contributed by atoms with Gasteiger partial charge in [-0.15, -0.1) is 0 Å². The summed E-state index contributed by atoms with van der Waals surface area (Å²) in [6, 6.07) is 4.37. The SMILES string of the molecule is COc1ccc(CC(=O)NC(C)c2cnn(C)c2C)cc1F. The fourth-order valence-electron chi connectivity index (χ4n) is 2.32. The number of benzene rings is 1. The highest BCUT2D eigenvalue weighted by atomic mass is 19.1. The van der Waals surface area contributed by atoms with Gasteiger partial charge in [0.25, 0.3) is 0 Å². The summed E-state index contributed by atoms with van der Waals surface area (Å²) in [5.41, 5.74) is 2.57. The van der Waals surface area contributed by atoms with Crippen molar-refractivity contribution >= 4 is 5.91 Å². The van der Waals surface area contributed by atoms with Crippen molar-refractivity contribution in [1.82, 2.24) is 15.1 Å². The van der Waals surface area contributed by atoms with Crippen molar-refractivity contribution in [3.8, 4) is 5.75 Å². The van der Waals surface area contributed by atoms with Crippen LogP contribution in [0.4, 0.5) is 4.39 Å². The number of nitrogens with one attached hydrogen (secondary N) is 1. The third kappa shape index (κ3) is 3.44. The molecule has 1 aromatic carbocycles. The Labute approximate surface area is 129 Å². The first kappa shape index (κ1) is 16.0. The average molecular weight is 305 g/mol. The number of nitrogens with zero attached hydrogens (tertiary/aromatic N) is 2. The molecule has 0 spiro atoms. The Hall–Kier alpha value is -2.37. The molecule has 22 heavy (non-hydrogen) atoms. The van der Waals surface area contributed by atoms with Crippen molar-refractivity contribution in [2.75, 3.05) is 7.11 Å². The van der Waals surface area contributed by atoms with Gasteiger partial charge in [0.15, 0.2) is 11.6 Å². The van der Waals surface area contributed by atoms with E-state index in [1.165, 1.54) is 19.2 Å². The minimum absolute atomic E-state index is 0.116. The maximum absolute atomic E-state index is 13.6. The van der Waals surface area contributed by atoms with Crippen LogP contribution in [-0.4, -0.2) is 22.8 Å². The van der Waals surface area contributed by atoms with Gasteiger partial charge in [-0.1, -0.05) is 6.07 Å². The van der Waals surface area contributed by atoms with Gasteiger partial charge in [-0.25, -0.2) is 4.39 Å². The average Bonchev–Trinajstić information content (AvgIpc) is 2.79. The maximum atomic E-state index is 13.6. The van der Waals surface area contributed by atoms with Crippen LogP contribution < -0.4 is 10.1 Å². The van der Waals surface area contributed by atoms with Crippen molar-refractivity contribution in [3.63, 3.8) is 0 Å². The number of amides is 1. The Morgan fingerprint density at radius 3 is 2.77 bits per heavy atom. The molecule has 0 aliphatic heterocycles. The highest BCUT2D eigenvalue weighted by Gasteiger charge is 2.15. The van der Waals surface area contributed by atoms with Gasteiger partial charge in [0.1, 0.15) is 0 Å². The van der Waals surface area contributed by atoms with Crippen molar-refractivity contribution in [3.05, 3.63) is 47.0 Å². The van der Waals surface area contributed by atoms with Crippen molar-refractivity contribution in [2.24, 2.45) is 7.05 Å². The van der Waals surface area contributed by atoms with Crippen LogP contribution in [0.3, 0.4) is 0 Å². The lowest BCUT2D eigenvalue weighted by Gasteiger charge is -2.14. The lowest BCUT2D eigenvalue weighted by Crippen LogP contribution is -2.28. The highest BCUT2D eigenvalue weighted by Crippen LogP contribution is 2.19. The molecule has 2 aromatic rings. The van der Waals surface area contributed by atoms with Gasteiger partial charge in [0, 0.05) is 18.3 Å². The van der Waals surface area contributed by atoms with E-state index in [-0.39, 0.29) is 24.1 Å². The number of carbonyl (C=O) groups excluding carboxylic acids is 1. The molecule has 6 heteroatoms. The Bertz CT molecular complexity index is 682. The molecule has 0 bridgehead atoms. The summed E-state index contributed by atoms with van der Waals surface area (Å²) in [6.07, 6.45) is 1.86. The van der Waals surface area contributed by atoms with Gasteiger partial charge in [-0.3, -0.25) is 9.48 Å². The summed E-state index contributed by atoms with van der Waals surface area (Å²) in [6.45, 7) is 3.85. The van der Waals surface area contributed by atoms with E-state index in [0.29, 0.717) is 5.56 Å². The first-order valence-electron chi connectivity index (χ1n) is 7.02. The van der Waals surface area contributed by atoms with Crippen LogP contribution in [-0.2, 0) is 18.3 Å². The quantitative estimate of drug-likeness (QED) is 0.922. The summed E-state index contributed by atoms with van der Waals surface area (Å²) in [5.74, 6) is -0.465. The summed E-state index contributed by atoms with van der Waals surface area (Å²) in [5, 5.41) is 7.06. The van der Waals surface area contributed by atoms with E-state index in [4.69, 9.17) is 4.74 Å². The van der Waals surface area contributed by atoms with E-state index in [1.807, 2.05) is 20.9 Å². The van der Waals surface area contributed by atoms with E-state index >= 15 is 0 Å². The van der Waals surface area contributed by atoms with Crippen LogP contribution in [0.25, 0.3) is 0 Å². The first-order chi connectivity index (χ1) is 10.4. The summed E-state index contributed by atoms with van der Waals surface area (Å²) in [4.78, 5) is 12.1. The molecule has 0 fully saturated rings. The molecule has 0 saturated carbocycles. The number of hydrogen-bond acceptors (Lipinski definition) is 3. The zero-order chi connectivity index (χ0) is 16.3. The second-order valence-electron chi connectivity index (χ2n) is 5.24. The van der Waals surface area contributed by atoms with Crippen LogP contribution in [0, 0.1) is 12.7 Å². The number of hydrogen-bond donors (Lipinski definition) is 1. The Morgan fingerprint density at radius 1 is 1.50 bits per heavy atom. The Balaban J connectivity index is 2.01. The van der Waals surface area contributed by atoms with Crippen LogP contribution in [0.5, 0.6) is 5.75 Å². The molecular weight excluding hydrogens is 285 g/mol. The standard InChI is InChI=1S/C16H20FN3O2/c1-10(13-9-18-20(3)11(13)2)19-16(21)8-12-5-6-15(22-4)14(17)7-12/h5-7,9-10H,8H2,1-4H3,(H,19,21). The second kappa shape index (κ2) is 6.60. The third-order valence-electron chi connectivity index (χ3n) is 3.70. The second-order valence-corrected chi connectivity index (χ2v) is 5.24. The lowest BCUT2D eigenvalue weighted by atomic mass is 10.1. The molecule has 1 heterocycles. The topological polar surface area (TPSA) is 56.1 Å². The number of halogens is 1. The molecule has 1 atom stereocenters. The largest absolute Gasteiger partial charge is 0.494 e. The van der Waals surface area contributed by atoms with E-state index in [0.717, 1.165) is 11.3 Å². The summed E-state index contributed by atoms with van der Waals surface area (Å²) >= 11 is 0. The highest BCUT2D eigenvalue weighted by molar-refractivity contribution is 5.79. The predicted octanol–water partition coefficient (Wildman–Crippen LogP) is 2.30. The first-order valence-corrected chi connectivity index (χ1v) is 7.02. The molecule has 1 aromatic heterocycles. The van der Waals surface area contributed by atoms with Gasteiger partial charge in [-0.2, -0.15) is 5.10 Å². The van der Waals surface area contributed by atoms with E-state index in [1.54, 1.807) is 16.9 Å². The van der Waals surface area contributed by atoms with Crippen LogP contribution >= 0.6 is 0 Å². The monoisotopic (exact) mass is 305 g/mol. The molecule has 1 unspecified atom stereocenters. The van der Waals surface area contributed by atoms with Crippen LogP contribution in [0.2, 0.25) is 0 Å². The third-order valence-corrected chi connectivity index (χ3v) is 3.70. The van der Waals surface area contributed by atoms with Crippen LogP contribution in [0.1, 0.15) is 29.8 Å². The molecule has 118 valence electrons. The molecule has 1 amide bonds. The van der Waals surface area contributed by atoms with E-state index < -0.39 is 5.82 Å². The number of aromatic nitrogens is 2. The van der Waals surface area contributed by atoms with E-state index in [9.17, 15) is 9.18 Å². The van der Waals surface area contributed by atoms with Gasteiger partial charge in [-0.05, 0) is 31.5 Å². The van der Waals surface area contributed by atoms with E-state index in [2.05, 4.69) is 10.4 Å². The van der Waals surface area contributed by atoms with Gasteiger partial charge in [0.2, 0.25) is 5.91 Å². The number of methoxy groups -OCH3 is 1. The van der Waals surface area contributed by atoms with Gasteiger partial charge >= 0.3 is 0 Å². The minimum atomic E-state index is -0.469. The lowest BCUT2D eigenvalue weighted by molar-refractivity contribution is -0.121. The molecule has 0 radical (unpaired) electrons. The molecule has 1 N–H and O–H groups in total. The number of carbonyl (C=O) groups is 1. The number of rotatable bonds is 5. The molecule has 0 aliphatic carbocycles. The van der Waals surface area contributed by atoms with Crippen molar-refractivity contribution in [2.45, 2.75) is 26.3 Å². The smallest absolute Gasteiger partial charge is 0.224 e. The van der Waals surface area contributed by atoms with Gasteiger partial charge in [0.05, 0.1) is 25.8 Å². The Kier molecular flexibility index (Phi) is 4.80. The zero-order valence-electron chi connectivity index (χ0n) is 13.2. The molecular formula is C16H20FN3O2.